The van der Waals surface area contributed by atoms with Gasteiger partial charge in [0.05, 0.1) is 0 Å². The highest BCUT2D eigenvalue weighted by molar-refractivity contribution is 7.99. The molecule has 1 aromatic rings. The number of hydrogen-bond donors (Lipinski definition) is 2. The normalized spacial score (nSPS) is 11.8. The van der Waals surface area contributed by atoms with E-state index in [-0.39, 0.29) is 18.0 Å². The Labute approximate surface area is 113 Å². The molecule has 0 heterocycles. The summed E-state index contributed by atoms with van der Waals surface area (Å²) >= 11 is 1.47. The maximum Gasteiger partial charge on any atom is 0.137 e. The second-order valence-corrected chi connectivity index (χ2v) is 6.36. The first kappa shape index (κ1) is 15.5. The molecule has 0 saturated heterocycles. The van der Waals surface area contributed by atoms with Crippen LogP contribution in [0.1, 0.15) is 32.8 Å². The Kier molecular flexibility index (Phi) is 6.12. The summed E-state index contributed by atoms with van der Waals surface area (Å²) in [5.74, 6) is 0.561. The van der Waals surface area contributed by atoms with Crippen LogP contribution in [-0.4, -0.2) is 23.0 Å². The average Bonchev–Trinajstić information content (AvgIpc) is 2.28. The van der Waals surface area contributed by atoms with E-state index in [1.807, 2.05) is 6.07 Å². The van der Waals surface area contributed by atoms with Crippen LogP contribution < -0.4 is 5.32 Å². The van der Waals surface area contributed by atoms with Crippen molar-refractivity contribution in [3.63, 3.8) is 0 Å². The number of benzene rings is 1. The Balaban J connectivity index is 2.73. The molecule has 0 spiro atoms. The van der Waals surface area contributed by atoms with Crippen LogP contribution in [0.4, 0.5) is 4.39 Å². The molecule has 0 unspecified atom stereocenters. The number of rotatable bonds is 6. The number of hydrogen-bond acceptors (Lipinski definition) is 3. The van der Waals surface area contributed by atoms with Crippen molar-refractivity contribution in [2.45, 2.75) is 44.2 Å². The smallest absolute Gasteiger partial charge is 0.137 e. The van der Waals surface area contributed by atoms with Gasteiger partial charge in [-0.2, -0.15) is 0 Å². The number of thioether (sulfide) groups is 1. The predicted molar refractivity (Wildman–Crippen MR) is 75.4 cm³/mol. The fourth-order valence-electron chi connectivity index (χ4n) is 1.45. The maximum atomic E-state index is 13.8. The van der Waals surface area contributed by atoms with Crippen LogP contribution in [-0.2, 0) is 6.54 Å². The van der Waals surface area contributed by atoms with Gasteiger partial charge in [-0.15, -0.1) is 11.8 Å². The van der Waals surface area contributed by atoms with Gasteiger partial charge in [-0.1, -0.05) is 12.1 Å². The summed E-state index contributed by atoms with van der Waals surface area (Å²) in [5, 5.41) is 12.1. The van der Waals surface area contributed by atoms with Gasteiger partial charge in [0.2, 0.25) is 0 Å². The topological polar surface area (TPSA) is 32.3 Å². The molecule has 2 nitrogen and oxygen atoms in total. The molecular weight excluding hydrogens is 249 g/mol. The Morgan fingerprint density at radius 3 is 2.67 bits per heavy atom. The molecule has 0 bridgehead atoms. The Hall–Kier alpha value is -0.580. The van der Waals surface area contributed by atoms with Gasteiger partial charge in [0, 0.05) is 29.3 Å². The molecular formula is C14H22FNOS. The van der Waals surface area contributed by atoms with Crippen molar-refractivity contribution in [2.24, 2.45) is 0 Å². The van der Waals surface area contributed by atoms with E-state index in [9.17, 15) is 4.39 Å². The first-order chi connectivity index (χ1) is 8.44. The summed E-state index contributed by atoms with van der Waals surface area (Å²) < 4.78 is 13.8. The average molecular weight is 271 g/mol. The van der Waals surface area contributed by atoms with E-state index < -0.39 is 0 Å². The van der Waals surface area contributed by atoms with Crippen LogP contribution in [0.25, 0.3) is 0 Å². The molecule has 0 amide bonds. The first-order valence-corrected chi connectivity index (χ1v) is 7.18. The zero-order chi connectivity index (χ0) is 13.6. The van der Waals surface area contributed by atoms with Gasteiger partial charge in [0.25, 0.3) is 0 Å². The van der Waals surface area contributed by atoms with E-state index in [0.717, 1.165) is 11.3 Å². The van der Waals surface area contributed by atoms with E-state index in [4.69, 9.17) is 5.11 Å². The van der Waals surface area contributed by atoms with Crippen LogP contribution in [0.15, 0.2) is 23.1 Å². The molecule has 0 saturated carbocycles. The molecule has 1 aromatic carbocycles. The maximum absolute atomic E-state index is 13.8. The second-order valence-electron chi connectivity index (χ2n) is 5.26. The summed E-state index contributed by atoms with van der Waals surface area (Å²) in [6.45, 7) is 7.07. The fraction of sp³-hybridized carbons (Fsp3) is 0.571. The lowest BCUT2D eigenvalue weighted by atomic mass is 10.1. The highest BCUT2D eigenvalue weighted by Crippen LogP contribution is 2.27. The van der Waals surface area contributed by atoms with E-state index in [1.54, 1.807) is 6.07 Å². The van der Waals surface area contributed by atoms with Gasteiger partial charge in [0.1, 0.15) is 5.82 Å². The first-order valence-electron chi connectivity index (χ1n) is 6.20. The van der Waals surface area contributed by atoms with E-state index >= 15 is 0 Å². The minimum Gasteiger partial charge on any atom is -0.396 e. The lowest BCUT2D eigenvalue weighted by molar-refractivity contribution is 0.296. The second kappa shape index (κ2) is 7.12. The molecule has 4 heteroatoms. The number of halogens is 1. The molecule has 102 valence electrons. The molecule has 2 N–H and O–H groups in total. The summed E-state index contributed by atoms with van der Waals surface area (Å²) in [7, 11) is 0. The molecule has 0 aromatic heterocycles. The summed E-state index contributed by atoms with van der Waals surface area (Å²) in [4.78, 5) is 0.697. The van der Waals surface area contributed by atoms with Crippen molar-refractivity contribution in [3.05, 3.63) is 29.6 Å². The molecule has 0 aliphatic rings. The summed E-state index contributed by atoms with van der Waals surface area (Å²) in [6.07, 6.45) is 0.686. The Morgan fingerprint density at radius 1 is 1.33 bits per heavy atom. The Morgan fingerprint density at radius 2 is 2.06 bits per heavy atom. The third-order valence-corrected chi connectivity index (χ3v) is 3.65. The zero-order valence-corrected chi connectivity index (χ0v) is 12.1. The van der Waals surface area contributed by atoms with Crippen LogP contribution >= 0.6 is 11.8 Å². The van der Waals surface area contributed by atoms with Crippen molar-refractivity contribution >= 4 is 11.8 Å². The van der Waals surface area contributed by atoms with Crippen molar-refractivity contribution in [1.29, 1.82) is 0 Å². The van der Waals surface area contributed by atoms with Crippen LogP contribution in [0.2, 0.25) is 0 Å². The van der Waals surface area contributed by atoms with Gasteiger partial charge >= 0.3 is 0 Å². The van der Waals surface area contributed by atoms with Crippen molar-refractivity contribution in [2.75, 3.05) is 12.4 Å². The van der Waals surface area contributed by atoms with Crippen LogP contribution in [0, 0.1) is 5.82 Å². The lowest BCUT2D eigenvalue weighted by Gasteiger charge is -2.21. The standard InChI is InChI=1S/C14H22FNOS/c1-14(2,3)16-10-11-6-4-7-12(15)13(11)18-9-5-8-17/h4,6-7,16-17H,5,8-10H2,1-3H3. The lowest BCUT2D eigenvalue weighted by Crippen LogP contribution is -2.35. The molecule has 0 atom stereocenters. The third kappa shape index (κ3) is 5.38. The zero-order valence-electron chi connectivity index (χ0n) is 11.3. The molecule has 0 aliphatic carbocycles. The quantitative estimate of drug-likeness (QED) is 0.615. The van der Waals surface area contributed by atoms with Crippen molar-refractivity contribution in [3.8, 4) is 0 Å². The minimum atomic E-state index is -0.175. The van der Waals surface area contributed by atoms with Crippen molar-refractivity contribution < 1.29 is 9.50 Å². The molecule has 0 fully saturated rings. The monoisotopic (exact) mass is 271 g/mol. The molecule has 1 rings (SSSR count). The fourth-order valence-corrected chi connectivity index (χ4v) is 2.46. The minimum absolute atomic E-state index is 0.0132. The van der Waals surface area contributed by atoms with Crippen molar-refractivity contribution in [1.82, 2.24) is 5.32 Å². The molecule has 0 aliphatic heterocycles. The van der Waals surface area contributed by atoms with Crippen LogP contribution in [0.3, 0.4) is 0 Å². The number of aliphatic hydroxyl groups excluding tert-OH is 1. The van der Waals surface area contributed by atoms with E-state index in [2.05, 4.69) is 26.1 Å². The van der Waals surface area contributed by atoms with Crippen LogP contribution in [0.5, 0.6) is 0 Å². The molecule has 0 radical (unpaired) electrons. The van der Waals surface area contributed by atoms with E-state index in [0.29, 0.717) is 17.9 Å². The largest absolute Gasteiger partial charge is 0.396 e. The van der Waals surface area contributed by atoms with Gasteiger partial charge in [-0.05, 0) is 38.8 Å². The summed E-state index contributed by atoms with van der Waals surface area (Å²) in [5.41, 5.74) is 0.993. The van der Waals surface area contributed by atoms with Gasteiger partial charge < -0.3 is 10.4 Å². The highest BCUT2D eigenvalue weighted by Gasteiger charge is 2.13. The van der Waals surface area contributed by atoms with Gasteiger partial charge in [-0.3, -0.25) is 0 Å². The number of aliphatic hydroxyl groups is 1. The molecule has 18 heavy (non-hydrogen) atoms. The highest BCUT2D eigenvalue weighted by atomic mass is 32.2. The van der Waals surface area contributed by atoms with Gasteiger partial charge in [0.15, 0.2) is 0 Å². The Bertz CT molecular complexity index is 377. The predicted octanol–water partition coefficient (Wildman–Crippen LogP) is 3.19. The number of nitrogens with one attached hydrogen (secondary N) is 1. The van der Waals surface area contributed by atoms with E-state index in [1.165, 1.54) is 17.8 Å². The summed E-state index contributed by atoms with van der Waals surface area (Å²) in [6, 6.07) is 5.18. The SMILES string of the molecule is CC(C)(C)NCc1cccc(F)c1SCCCO. The van der Waals surface area contributed by atoms with Gasteiger partial charge in [-0.25, -0.2) is 4.39 Å². The third-order valence-electron chi connectivity index (χ3n) is 2.41.